The lowest BCUT2D eigenvalue weighted by Crippen LogP contribution is -2.17. The van der Waals surface area contributed by atoms with E-state index in [0.29, 0.717) is 44.0 Å². The van der Waals surface area contributed by atoms with Crippen molar-refractivity contribution in [3.8, 4) is 0 Å². The fourth-order valence-corrected chi connectivity index (χ4v) is 6.12. The van der Waals surface area contributed by atoms with E-state index in [-0.39, 0.29) is 22.9 Å². The number of fused-ring (bicyclic) bond motifs is 2. The molecule has 4 amide bonds. The van der Waals surface area contributed by atoms with E-state index in [4.69, 9.17) is 11.5 Å². The first-order valence-electron chi connectivity index (χ1n) is 13.9. The Labute approximate surface area is 250 Å². The third-order valence-electron chi connectivity index (χ3n) is 7.99. The standard InChI is InChI=1S/C36H24N4O4/c37-33(41)25-15-11-21-23-13-17-27(35(43)39-19-7-3-1-4-8-19)32-28(36(44)40-20-9-5-2-6-10-20)18-14-24(30(23)32)22-12-16-26(34(38)42)31(25)29(21)22/h1-18H,(H2,37,41)(H2,38,42)(H,39,43)(H,40,44). The highest BCUT2D eigenvalue weighted by atomic mass is 16.2. The molecule has 0 fully saturated rings. The zero-order valence-electron chi connectivity index (χ0n) is 23.2. The third kappa shape index (κ3) is 4.16. The van der Waals surface area contributed by atoms with Crippen LogP contribution in [0.4, 0.5) is 11.4 Å². The van der Waals surface area contributed by atoms with Gasteiger partial charge in [0.1, 0.15) is 0 Å². The number of carbonyl (C=O) groups excluding carboxylic acids is 4. The van der Waals surface area contributed by atoms with E-state index in [1.807, 2.05) is 48.5 Å². The lowest BCUT2D eigenvalue weighted by Gasteiger charge is -2.20. The Balaban J connectivity index is 1.58. The minimum absolute atomic E-state index is 0.178. The smallest absolute Gasteiger partial charge is 0.256 e. The minimum atomic E-state index is -0.687. The van der Waals surface area contributed by atoms with Crippen LogP contribution in [0, 0.1) is 0 Å². The van der Waals surface area contributed by atoms with Crippen LogP contribution < -0.4 is 22.1 Å². The third-order valence-corrected chi connectivity index (χ3v) is 7.99. The zero-order chi connectivity index (χ0) is 30.5. The number of hydrogen-bond donors (Lipinski definition) is 4. The van der Waals surface area contributed by atoms with Gasteiger partial charge in [-0.3, -0.25) is 19.2 Å². The number of amides is 4. The van der Waals surface area contributed by atoms with Gasteiger partial charge in [-0.1, -0.05) is 60.7 Å². The summed E-state index contributed by atoms with van der Waals surface area (Å²) in [6.45, 7) is 0. The molecule has 0 aliphatic rings. The summed E-state index contributed by atoms with van der Waals surface area (Å²) in [7, 11) is 0. The van der Waals surface area contributed by atoms with Crippen molar-refractivity contribution in [3.05, 3.63) is 131 Å². The fourth-order valence-electron chi connectivity index (χ4n) is 6.12. The summed E-state index contributed by atoms with van der Waals surface area (Å²) in [6, 6.07) is 31.9. The number of nitrogens with one attached hydrogen (secondary N) is 2. The Morgan fingerprint density at radius 3 is 1.05 bits per heavy atom. The summed E-state index contributed by atoms with van der Waals surface area (Å²) in [5.74, 6) is -2.13. The summed E-state index contributed by atoms with van der Waals surface area (Å²) in [5, 5.41) is 11.0. The van der Waals surface area contributed by atoms with Crippen LogP contribution in [-0.4, -0.2) is 23.6 Å². The Morgan fingerprint density at radius 1 is 0.386 bits per heavy atom. The summed E-state index contributed by atoms with van der Waals surface area (Å²) < 4.78 is 0. The number of anilines is 2. The van der Waals surface area contributed by atoms with Crippen molar-refractivity contribution in [2.24, 2.45) is 11.5 Å². The molecule has 0 aliphatic carbocycles. The molecule has 0 spiro atoms. The molecule has 0 bridgehead atoms. The van der Waals surface area contributed by atoms with Crippen LogP contribution in [0.3, 0.4) is 0 Å². The van der Waals surface area contributed by atoms with Crippen LogP contribution in [0.2, 0.25) is 0 Å². The summed E-state index contributed by atoms with van der Waals surface area (Å²) in [5.41, 5.74) is 13.7. The second-order valence-corrected chi connectivity index (χ2v) is 10.5. The Kier molecular flexibility index (Phi) is 6.18. The summed E-state index contributed by atoms with van der Waals surface area (Å²) in [4.78, 5) is 52.6. The van der Waals surface area contributed by atoms with E-state index >= 15 is 0 Å². The van der Waals surface area contributed by atoms with Crippen molar-refractivity contribution in [2.75, 3.05) is 10.6 Å². The van der Waals surface area contributed by atoms with Gasteiger partial charge in [-0.25, -0.2) is 0 Å². The van der Waals surface area contributed by atoms with Gasteiger partial charge in [0.15, 0.2) is 0 Å². The predicted molar refractivity (Wildman–Crippen MR) is 173 cm³/mol. The molecule has 8 nitrogen and oxygen atoms in total. The maximum absolute atomic E-state index is 13.8. The molecule has 0 atom stereocenters. The van der Waals surface area contributed by atoms with Gasteiger partial charge in [-0.05, 0) is 80.8 Å². The van der Waals surface area contributed by atoms with Gasteiger partial charge in [-0.15, -0.1) is 0 Å². The van der Waals surface area contributed by atoms with E-state index < -0.39 is 11.8 Å². The molecular weight excluding hydrogens is 552 g/mol. The largest absolute Gasteiger partial charge is 0.366 e. The predicted octanol–water partition coefficient (Wildman–Crippen LogP) is 6.44. The van der Waals surface area contributed by atoms with E-state index in [0.717, 1.165) is 21.5 Å². The Morgan fingerprint density at radius 2 is 0.705 bits per heavy atom. The maximum Gasteiger partial charge on any atom is 0.256 e. The molecule has 0 unspecified atom stereocenters. The molecule has 6 N–H and O–H groups in total. The summed E-state index contributed by atoms with van der Waals surface area (Å²) >= 11 is 0. The van der Waals surface area contributed by atoms with Crippen LogP contribution >= 0.6 is 0 Å². The average molecular weight is 577 g/mol. The van der Waals surface area contributed by atoms with Crippen LogP contribution in [-0.2, 0) is 0 Å². The van der Waals surface area contributed by atoms with Crippen molar-refractivity contribution < 1.29 is 19.2 Å². The highest BCUT2D eigenvalue weighted by molar-refractivity contribution is 6.39. The number of hydrogen-bond acceptors (Lipinski definition) is 4. The van der Waals surface area contributed by atoms with Gasteiger partial charge in [0.05, 0.1) is 0 Å². The molecule has 0 saturated carbocycles. The molecule has 7 aromatic carbocycles. The topological polar surface area (TPSA) is 144 Å². The first-order chi connectivity index (χ1) is 21.3. The quantitative estimate of drug-likeness (QED) is 0.133. The van der Waals surface area contributed by atoms with Crippen LogP contribution in [0.5, 0.6) is 0 Å². The highest BCUT2D eigenvalue weighted by Gasteiger charge is 2.25. The number of nitrogens with two attached hydrogens (primary N) is 2. The van der Waals surface area contributed by atoms with E-state index in [1.54, 1.807) is 60.7 Å². The number of benzene rings is 7. The van der Waals surface area contributed by atoms with Gasteiger partial charge in [0.2, 0.25) is 11.8 Å². The van der Waals surface area contributed by atoms with Crippen molar-refractivity contribution >= 4 is 78.1 Å². The SMILES string of the molecule is NC(=O)c1ccc2c3ccc(C(=O)Nc4ccccc4)c4c(C(=O)Nc5ccccc5)ccc(c5ccc(C(N)=O)c1c25)c43. The maximum atomic E-state index is 13.8. The van der Waals surface area contributed by atoms with Crippen LogP contribution in [0.1, 0.15) is 41.4 Å². The molecule has 44 heavy (non-hydrogen) atoms. The fraction of sp³-hybridized carbons (Fsp3) is 0. The Bertz CT molecular complexity index is 2160. The second kappa shape index (κ2) is 10.2. The van der Waals surface area contributed by atoms with E-state index in [1.165, 1.54) is 0 Å². The summed E-state index contributed by atoms with van der Waals surface area (Å²) in [6.07, 6.45) is 0. The van der Waals surface area contributed by atoms with Crippen molar-refractivity contribution in [1.82, 2.24) is 0 Å². The molecular formula is C36H24N4O4. The first-order valence-corrected chi connectivity index (χ1v) is 13.9. The molecule has 7 rings (SSSR count). The molecule has 8 heteroatoms. The Hall–Kier alpha value is -6.28. The number of primary amides is 2. The van der Waals surface area contributed by atoms with Gasteiger partial charge in [0.25, 0.3) is 11.8 Å². The van der Waals surface area contributed by atoms with Gasteiger partial charge >= 0.3 is 0 Å². The molecule has 212 valence electrons. The van der Waals surface area contributed by atoms with Crippen molar-refractivity contribution in [1.29, 1.82) is 0 Å². The lowest BCUT2D eigenvalue weighted by atomic mass is 9.84. The van der Waals surface area contributed by atoms with Gasteiger partial charge < -0.3 is 22.1 Å². The van der Waals surface area contributed by atoms with Crippen molar-refractivity contribution in [3.63, 3.8) is 0 Å². The number of para-hydroxylation sites is 2. The van der Waals surface area contributed by atoms with Crippen LogP contribution in [0.15, 0.2) is 109 Å². The monoisotopic (exact) mass is 576 g/mol. The average Bonchev–Trinajstić information content (AvgIpc) is 3.03. The van der Waals surface area contributed by atoms with Gasteiger partial charge in [-0.2, -0.15) is 0 Å². The molecule has 0 radical (unpaired) electrons. The second-order valence-electron chi connectivity index (χ2n) is 10.5. The molecule has 0 heterocycles. The normalized spacial score (nSPS) is 11.3. The van der Waals surface area contributed by atoms with E-state index in [9.17, 15) is 19.2 Å². The zero-order valence-corrected chi connectivity index (χ0v) is 23.2. The number of rotatable bonds is 6. The number of carbonyl (C=O) groups is 4. The van der Waals surface area contributed by atoms with Crippen LogP contribution in [0.25, 0.3) is 43.1 Å². The molecule has 0 saturated heterocycles. The molecule has 0 aliphatic heterocycles. The minimum Gasteiger partial charge on any atom is -0.366 e. The lowest BCUT2D eigenvalue weighted by molar-refractivity contribution is 0.0996. The highest BCUT2D eigenvalue weighted by Crippen LogP contribution is 2.44. The van der Waals surface area contributed by atoms with Crippen molar-refractivity contribution in [2.45, 2.75) is 0 Å². The molecule has 0 aromatic heterocycles. The molecule has 7 aromatic rings. The van der Waals surface area contributed by atoms with E-state index in [2.05, 4.69) is 10.6 Å². The van der Waals surface area contributed by atoms with Gasteiger partial charge in [0, 0.05) is 44.4 Å². The first kappa shape index (κ1) is 26.6.